The highest BCUT2D eigenvalue weighted by atomic mass is 16.2. The molecule has 0 atom stereocenters. The van der Waals surface area contributed by atoms with Crippen LogP contribution in [0.3, 0.4) is 0 Å². The number of hydrogen-bond donors (Lipinski definition) is 2. The van der Waals surface area contributed by atoms with Crippen molar-refractivity contribution in [3.8, 4) is 0 Å². The molecular weight excluding hydrogens is 164 g/mol. The molecule has 0 aromatic carbocycles. The monoisotopic (exact) mass is 182 g/mol. The van der Waals surface area contributed by atoms with Crippen molar-refractivity contribution < 1.29 is 4.79 Å². The van der Waals surface area contributed by atoms with Gasteiger partial charge in [-0.2, -0.15) is 0 Å². The Balaban J connectivity index is 1.60. The zero-order valence-corrected chi connectivity index (χ0v) is 8.23. The third-order valence-corrected chi connectivity index (χ3v) is 3.19. The second-order valence-corrected chi connectivity index (χ2v) is 4.69. The van der Waals surface area contributed by atoms with Crippen LogP contribution in [0.2, 0.25) is 0 Å². The predicted octanol–water partition coefficient (Wildman–Crippen LogP) is 1.64. The van der Waals surface area contributed by atoms with Crippen LogP contribution in [-0.4, -0.2) is 18.1 Å². The van der Waals surface area contributed by atoms with Crippen molar-refractivity contribution in [1.82, 2.24) is 10.6 Å². The average Bonchev–Trinajstić information content (AvgIpc) is 2.64. The fraction of sp³-hybridized carbons (Fsp3) is 0.900. The summed E-state index contributed by atoms with van der Waals surface area (Å²) in [5, 5.41) is 5.91. The van der Waals surface area contributed by atoms with Crippen LogP contribution in [0.4, 0.5) is 4.79 Å². The van der Waals surface area contributed by atoms with E-state index in [4.69, 9.17) is 0 Å². The molecule has 0 saturated heterocycles. The van der Waals surface area contributed by atoms with Gasteiger partial charge in [0, 0.05) is 12.1 Å². The summed E-state index contributed by atoms with van der Waals surface area (Å²) in [5.74, 6) is 0.748. The van der Waals surface area contributed by atoms with E-state index >= 15 is 0 Å². The van der Waals surface area contributed by atoms with E-state index in [9.17, 15) is 4.79 Å². The molecule has 0 unspecified atom stereocenters. The van der Waals surface area contributed by atoms with Crippen molar-refractivity contribution >= 4 is 6.03 Å². The van der Waals surface area contributed by atoms with Crippen molar-refractivity contribution in [3.63, 3.8) is 0 Å². The molecule has 0 aromatic rings. The van der Waals surface area contributed by atoms with Gasteiger partial charge in [0.05, 0.1) is 0 Å². The minimum Gasteiger partial charge on any atom is -0.338 e. The van der Waals surface area contributed by atoms with E-state index in [0.29, 0.717) is 0 Å². The first-order valence-electron chi connectivity index (χ1n) is 5.24. The summed E-state index contributed by atoms with van der Waals surface area (Å²) in [4.78, 5) is 11.3. The fourth-order valence-corrected chi connectivity index (χ4v) is 1.56. The lowest BCUT2D eigenvalue weighted by Gasteiger charge is -2.25. The van der Waals surface area contributed by atoms with E-state index in [1.165, 1.54) is 19.3 Å². The molecule has 2 aliphatic carbocycles. The molecule has 2 N–H and O–H groups in total. The Hall–Kier alpha value is -0.730. The van der Waals surface area contributed by atoms with Crippen molar-refractivity contribution in [1.29, 1.82) is 0 Å². The highest BCUT2D eigenvalue weighted by molar-refractivity contribution is 5.75. The lowest BCUT2D eigenvalue weighted by atomic mass is 9.85. The number of urea groups is 1. The van der Waals surface area contributed by atoms with Crippen molar-refractivity contribution in [2.45, 2.75) is 44.6 Å². The molecule has 0 radical (unpaired) electrons. The summed E-state index contributed by atoms with van der Waals surface area (Å²) in [7, 11) is 0. The van der Waals surface area contributed by atoms with Gasteiger partial charge < -0.3 is 10.6 Å². The lowest BCUT2D eigenvalue weighted by Crippen LogP contribution is -2.44. The Morgan fingerprint density at radius 1 is 1.46 bits per heavy atom. The molecule has 3 heteroatoms. The van der Waals surface area contributed by atoms with Gasteiger partial charge in [0.25, 0.3) is 0 Å². The first kappa shape index (κ1) is 8.85. The Morgan fingerprint density at radius 2 is 2.15 bits per heavy atom. The normalized spacial score (nSPS) is 24.7. The number of nitrogens with one attached hydrogen (secondary N) is 2. The molecule has 2 aliphatic rings. The number of carbonyl (C=O) groups excluding carboxylic acids is 1. The van der Waals surface area contributed by atoms with Crippen LogP contribution in [0.1, 0.15) is 39.0 Å². The second-order valence-electron chi connectivity index (χ2n) is 4.69. The van der Waals surface area contributed by atoms with Gasteiger partial charge in [0.15, 0.2) is 0 Å². The molecule has 74 valence electrons. The molecule has 2 saturated carbocycles. The van der Waals surface area contributed by atoms with Gasteiger partial charge >= 0.3 is 6.03 Å². The van der Waals surface area contributed by atoms with Gasteiger partial charge in [0.1, 0.15) is 0 Å². The van der Waals surface area contributed by atoms with E-state index in [1.807, 2.05) is 0 Å². The van der Waals surface area contributed by atoms with Gasteiger partial charge in [-0.3, -0.25) is 0 Å². The zero-order valence-electron chi connectivity index (χ0n) is 8.23. The van der Waals surface area contributed by atoms with E-state index in [-0.39, 0.29) is 11.6 Å². The SMILES string of the molecule is CC1(NC(=O)NCC2CCC2)CC1. The summed E-state index contributed by atoms with van der Waals surface area (Å²) in [6.07, 6.45) is 6.18. The Bertz CT molecular complexity index is 207. The molecule has 13 heavy (non-hydrogen) atoms. The average molecular weight is 182 g/mol. The molecule has 2 amide bonds. The van der Waals surface area contributed by atoms with Crippen LogP contribution in [0.5, 0.6) is 0 Å². The summed E-state index contributed by atoms with van der Waals surface area (Å²) >= 11 is 0. The van der Waals surface area contributed by atoms with Crippen molar-refractivity contribution in [2.24, 2.45) is 5.92 Å². The smallest absolute Gasteiger partial charge is 0.315 e. The third-order valence-electron chi connectivity index (χ3n) is 3.19. The van der Waals surface area contributed by atoms with Crippen LogP contribution in [0.15, 0.2) is 0 Å². The molecule has 0 spiro atoms. The molecule has 3 nitrogen and oxygen atoms in total. The second kappa shape index (κ2) is 3.20. The fourth-order valence-electron chi connectivity index (χ4n) is 1.56. The minimum atomic E-state index is 0.0203. The molecule has 0 heterocycles. The molecule has 0 aromatic heterocycles. The highest BCUT2D eigenvalue weighted by Gasteiger charge is 2.38. The quantitative estimate of drug-likeness (QED) is 0.684. The lowest BCUT2D eigenvalue weighted by molar-refractivity contribution is 0.228. The minimum absolute atomic E-state index is 0.0203. The zero-order chi connectivity index (χ0) is 9.31. The predicted molar refractivity (Wildman–Crippen MR) is 51.5 cm³/mol. The molecule has 0 aliphatic heterocycles. The number of carbonyl (C=O) groups is 1. The Morgan fingerprint density at radius 3 is 2.62 bits per heavy atom. The Labute approximate surface area is 79.3 Å². The maximum atomic E-state index is 11.3. The van der Waals surface area contributed by atoms with Crippen LogP contribution in [0, 0.1) is 5.92 Å². The first-order valence-corrected chi connectivity index (χ1v) is 5.24. The van der Waals surface area contributed by atoms with E-state index in [0.717, 1.165) is 25.3 Å². The summed E-state index contributed by atoms with van der Waals surface area (Å²) in [6, 6.07) is 0.0203. The standard InChI is InChI=1S/C10H18N2O/c1-10(5-6-10)12-9(13)11-7-8-3-2-4-8/h8H,2-7H2,1H3,(H2,11,12,13). The maximum absolute atomic E-state index is 11.3. The van der Waals surface area contributed by atoms with E-state index in [2.05, 4.69) is 17.6 Å². The van der Waals surface area contributed by atoms with Crippen LogP contribution in [0.25, 0.3) is 0 Å². The first-order chi connectivity index (χ1) is 6.18. The van der Waals surface area contributed by atoms with Gasteiger partial charge in [0.2, 0.25) is 0 Å². The molecular formula is C10H18N2O. The van der Waals surface area contributed by atoms with E-state index < -0.39 is 0 Å². The van der Waals surface area contributed by atoms with Crippen LogP contribution in [-0.2, 0) is 0 Å². The van der Waals surface area contributed by atoms with Gasteiger partial charge in [-0.05, 0) is 38.5 Å². The molecule has 2 fully saturated rings. The summed E-state index contributed by atoms with van der Waals surface area (Å²) < 4.78 is 0. The van der Waals surface area contributed by atoms with Gasteiger partial charge in [-0.25, -0.2) is 4.79 Å². The van der Waals surface area contributed by atoms with Gasteiger partial charge in [-0.1, -0.05) is 6.42 Å². The topological polar surface area (TPSA) is 41.1 Å². The van der Waals surface area contributed by atoms with Crippen molar-refractivity contribution in [2.75, 3.05) is 6.54 Å². The maximum Gasteiger partial charge on any atom is 0.315 e. The van der Waals surface area contributed by atoms with Crippen LogP contribution < -0.4 is 10.6 Å². The van der Waals surface area contributed by atoms with Crippen molar-refractivity contribution in [3.05, 3.63) is 0 Å². The highest BCUT2D eigenvalue weighted by Crippen LogP contribution is 2.34. The molecule has 0 bridgehead atoms. The van der Waals surface area contributed by atoms with E-state index in [1.54, 1.807) is 0 Å². The van der Waals surface area contributed by atoms with Crippen LogP contribution >= 0.6 is 0 Å². The number of rotatable bonds is 3. The number of hydrogen-bond acceptors (Lipinski definition) is 1. The molecule has 2 rings (SSSR count). The summed E-state index contributed by atoms with van der Waals surface area (Å²) in [5.41, 5.74) is 0.115. The van der Waals surface area contributed by atoms with Gasteiger partial charge in [-0.15, -0.1) is 0 Å². The third kappa shape index (κ3) is 2.36. The Kier molecular flexibility index (Phi) is 2.18. The summed E-state index contributed by atoms with van der Waals surface area (Å²) in [6.45, 7) is 2.96. The number of amides is 2. The largest absolute Gasteiger partial charge is 0.338 e.